The van der Waals surface area contributed by atoms with Crippen LogP contribution >= 0.6 is 0 Å². The Morgan fingerprint density at radius 3 is 0.667 bits per heavy atom. The van der Waals surface area contributed by atoms with Gasteiger partial charge in [0.05, 0.1) is 0 Å². The molecule has 2 N–H and O–H groups in total. The van der Waals surface area contributed by atoms with Crippen LogP contribution in [0, 0.1) is 0 Å². The first-order valence-corrected chi connectivity index (χ1v) is 13.5. The molecule has 0 aromatic rings. The molecule has 6 nitrogen and oxygen atoms in total. The van der Waals surface area contributed by atoms with Crippen LogP contribution in [0.1, 0.15) is 0 Å². The Balaban J connectivity index is -0.0000000759. The number of hydrogen-bond donors (Lipinski definition) is 2. The van der Waals surface area contributed by atoms with Gasteiger partial charge in [0, 0.05) is 0 Å². The molecule has 0 spiro atoms. The Labute approximate surface area is 156 Å². The number of alkyl halides is 1. The van der Waals surface area contributed by atoms with E-state index in [1.807, 2.05) is 0 Å². The molecule has 0 bridgehead atoms. The monoisotopic (exact) mass is 550 g/mol. The van der Waals surface area contributed by atoms with Crippen LogP contribution in [0.15, 0.2) is 0 Å². The summed E-state index contributed by atoms with van der Waals surface area (Å²) in [5.41, 5.74) is 0. The Morgan fingerprint density at radius 2 is 0.667 bits per heavy atom. The summed E-state index contributed by atoms with van der Waals surface area (Å²) in [7, 11) is -10.7. The van der Waals surface area contributed by atoms with Crippen LogP contribution < -0.4 is 0 Å². The van der Waals surface area contributed by atoms with Crippen molar-refractivity contribution in [2.45, 2.75) is 4.84 Å². The Bertz CT molecular complexity index is 487. The second kappa shape index (κ2) is 10.1. The van der Waals surface area contributed by atoms with E-state index < -0.39 is 54.7 Å². The third kappa shape index (κ3) is 65.4. The summed E-state index contributed by atoms with van der Waals surface area (Å²) in [4.78, 5) is -3.68. The van der Waals surface area contributed by atoms with Crippen molar-refractivity contribution in [3.8, 4) is 0 Å². The molecule has 0 atom stereocenters. The van der Waals surface area contributed by atoms with Crippen molar-refractivity contribution < 1.29 is 65.0 Å². The summed E-state index contributed by atoms with van der Waals surface area (Å²) in [6.07, 6.45) is 0. The first kappa shape index (κ1) is 36.3. The fourth-order valence-electron chi connectivity index (χ4n) is 0.154. The Kier molecular flexibility index (Phi) is 15.2. The maximum absolute atomic E-state index is 11.7. The summed E-state index contributed by atoms with van der Waals surface area (Å²) in [5, 5.41) is 0. The molecule has 0 fully saturated rings. The molecule has 0 aliphatic carbocycles. The van der Waals surface area contributed by atoms with E-state index in [4.69, 9.17) is 9.11 Å². The van der Waals surface area contributed by atoms with E-state index in [0.717, 1.165) is 0 Å². The van der Waals surface area contributed by atoms with Crippen LogP contribution in [0.25, 0.3) is 0 Å². The van der Waals surface area contributed by atoms with Gasteiger partial charge in [0.25, 0.3) is 0 Å². The third-order valence-electron chi connectivity index (χ3n) is 0.468. The first-order valence-electron chi connectivity index (χ1n) is 3.41. The molecular weight excluding hydrogens is 545 g/mol. The van der Waals surface area contributed by atoms with Crippen LogP contribution in [0.2, 0.25) is 0 Å². The minimum atomic E-state index is -8.99. The van der Waals surface area contributed by atoms with Gasteiger partial charge in [-0.15, -0.1) is 0 Å². The summed E-state index contributed by atoms with van der Waals surface area (Å²) >= 11 is -18.0. The molecule has 23 heteroatoms. The van der Waals surface area contributed by atoms with Gasteiger partial charge in [-0.3, -0.25) is 9.11 Å². The first-order chi connectivity index (χ1) is 8.63. The SMILES string of the molecule is F[As](F)(F)(F)F.F[As](F)(F)(F)F.O=S(=O)(O)C(F)S(=O)(=O)O.[LiH].[LiH]. The van der Waals surface area contributed by atoms with Crippen molar-refractivity contribution >= 4 is 87.6 Å². The standard InChI is InChI=1S/CH3FO6S2.2AsF5.2Li.2H/c2-1(9(3,4)5)10(6,7)8;2*2-1(3,4,5)6;;;;/h1H,(H,3,4,5)(H,6,7,8);;;;;;. The molecule has 0 heterocycles. The van der Waals surface area contributed by atoms with Crippen LogP contribution in [-0.2, 0) is 20.2 Å². The van der Waals surface area contributed by atoms with Gasteiger partial charge in [-0.05, 0) is 0 Å². The van der Waals surface area contributed by atoms with Crippen molar-refractivity contribution in [1.29, 1.82) is 0 Å². The summed E-state index contributed by atoms with van der Waals surface area (Å²) in [6, 6.07) is 0. The van der Waals surface area contributed by atoms with Crippen LogP contribution in [0.4, 0.5) is 39.1 Å². The van der Waals surface area contributed by atoms with Gasteiger partial charge in [-0.2, -0.15) is 16.8 Å². The zero-order chi connectivity index (χ0) is 19.5. The average molecular weight is 550 g/mol. The van der Waals surface area contributed by atoms with E-state index in [-0.39, 0.29) is 37.7 Å². The zero-order valence-electron chi connectivity index (χ0n) is 8.97. The third-order valence-corrected chi connectivity index (χ3v) is 2.86. The fourth-order valence-corrected chi connectivity index (χ4v) is 1.38. The van der Waals surface area contributed by atoms with Crippen molar-refractivity contribution in [3.05, 3.63) is 0 Å². The van der Waals surface area contributed by atoms with E-state index in [1.54, 1.807) is 0 Å². The van der Waals surface area contributed by atoms with Gasteiger partial charge >= 0.3 is 127 Å². The molecule has 0 aliphatic heterocycles. The molecule has 0 radical (unpaired) electrons. The topological polar surface area (TPSA) is 109 Å². The molecule has 0 amide bonds. The van der Waals surface area contributed by atoms with E-state index in [1.165, 1.54) is 0 Å². The summed E-state index contributed by atoms with van der Waals surface area (Å²) < 4.78 is 164. The van der Waals surface area contributed by atoms with Crippen LogP contribution in [0.3, 0.4) is 0 Å². The normalized spacial score (nSPS) is 15.4. The summed E-state index contributed by atoms with van der Waals surface area (Å²) in [5.74, 6) is 0. The van der Waals surface area contributed by atoms with Gasteiger partial charge in [0.2, 0.25) is 0 Å². The molecule has 0 aromatic heterocycles. The molecule has 0 unspecified atom stereocenters. The fraction of sp³-hybridized carbons (Fsp3) is 1.00. The van der Waals surface area contributed by atoms with Gasteiger partial charge in [-0.1, -0.05) is 0 Å². The van der Waals surface area contributed by atoms with Crippen molar-refractivity contribution in [2.75, 3.05) is 0 Å². The van der Waals surface area contributed by atoms with Gasteiger partial charge in [-0.25, -0.2) is 4.39 Å². The number of rotatable bonds is 2. The second-order valence-electron chi connectivity index (χ2n) is 2.58. The van der Waals surface area contributed by atoms with Gasteiger partial charge in [0.1, 0.15) is 0 Å². The van der Waals surface area contributed by atoms with Gasteiger partial charge in [0.15, 0.2) is 0 Å². The molecule has 24 heavy (non-hydrogen) atoms. The summed E-state index contributed by atoms with van der Waals surface area (Å²) in [6.45, 7) is 0. The quantitative estimate of drug-likeness (QED) is 0.304. The predicted molar refractivity (Wildman–Crippen MR) is 64.9 cm³/mol. The van der Waals surface area contributed by atoms with Crippen LogP contribution in [0.5, 0.6) is 0 Å². The molecule has 146 valence electrons. The average Bonchev–Trinajstić information content (AvgIpc) is 1.88. The maximum atomic E-state index is 11.7. The van der Waals surface area contributed by atoms with E-state index in [2.05, 4.69) is 0 Å². The van der Waals surface area contributed by atoms with Gasteiger partial charge < -0.3 is 0 Å². The van der Waals surface area contributed by atoms with E-state index in [0.29, 0.717) is 0 Å². The second-order valence-corrected chi connectivity index (χ2v) is 11.1. The number of hydrogen-bond acceptors (Lipinski definition) is 4. The molecule has 0 aromatic carbocycles. The minimum absolute atomic E-state index is 0. The molecular formula is CH5As2F11Li2O6S2. The predicted octanol–water partition coefficient (Wildman–Crippen LogP) is 1.16. The van der Waals surface area contributed by atoms with E-state index in [9.17, 15) is 55.9 Å². The van der Waals surface area contributed by atoms with Crippen molar-refractivity contribution in [1.82, 2.24) is 0 Å². The Morgan fingerprint density at radius 1 is 0.583 bits per heavy atom. The molecule has 0 saturated carbocycles. The van der Waals surface area contributed by atoms with E-state index >= 15 is 0 Å². The molecule has 0 saturated heterocycles. The Hall–Kier alpha value is 1.36. The zero-order valence-corrected chi connectivity index (χ0v) is 14.4. The van der Waals surface area contributed by atoms with Crippen molar-refractivity contribution in [2.24, 2.45) is 0 Å². The van der Waals surface area contributed by atoms with Crippen molar-refractivity contribution in [3.63, 3.8) is 0 Å². The molecule has 0 rings (SSSR count). The van der Waals surface area contributed by atoms with Crippen LogP contribution in [-0.4, -0.2) is 98.1 Å². The number of halogens is 11. The molecule has 0 aliphatic rings.